The van der Waals surface area contributed by atoms with Crippen LogP contribution in [-0.2, 0) is 4.74 Å². The van der Waals surface area contributed by atoms with Crippen LogP contribution in [0.25, 0.3) is 5.70 Å². The van der Waals surface area contributed by atoms with Crippen LogP contribution in [0, 0.1) is 0 Å². The van der Waals surface area contributed by atoms with Crippen molar-refractivity contribution in [2.24, 2.45) is 0 Å². The predicted molar refractivity (Wildman–Crippen MR) is 72.7 cm³/mol. The molecule has 2 aliphatic heterocycles. The molecule has 1 saturated heterocycles. The molecule has 0 aromatic carbocycles. The molecule has 0 saturated carbocycles. The first-order valence-corrected chi connectivity index (χ1v) is 6.48. The highest BCUT2D eigenvalue weighted by molar-refractivity contribution is 5.66. The topological polar surface area (TPSA) is 76.0 Å². The highest BCUT2D eigenvalue weighted by Gasteiger charge is 2.33. The van der Waals surface area contributed by atoms with Crippen LogP contribution in [0.1, 0.15) is 12.6 Å². The minimum Gasteiger partial charge on any atom is -0.459 e. The molecule has 20 heavy (non-hydrogen) atoms. The van der Waals surface area contributed by atoms with E-state index in [1.165, 1.54) is 13.0 Å². The zero-order valence-corrected chi connectivity index (χ0v) is 11.2. The van der Waals surface area contributed by atoms with Gasteiger partial charge in [0.25, 0.3) is 0 Å². The molecule has 2 aliphatic rings. The lowest BCUT2D eigenvalue weighted by Crippen LogP contribution is -2.55. The maximum absolute atomic E-state index is 12.0. The highest BCUT2D eigenvalue weighted by atomic mass is 16.6. The average molecular weight is 279 g/mol. The van der Waals surface area contributed by atoms with E-state index in [1.807, 2.05) is 4.90 Å². The van der Waals surface area contributed by atoms with E-state index in [0.717, 1.165) is 0 Å². The fourth-order valence-electron chi connectivity index (χ4n) is 2.51. The number of morpholine rings is 1. The number of pyridine rings is 1. The second-order valence-electron chi connectivity index (χ2n) is 4.80. The minimum absolute atomic E-state index is 0.0225. The zero-order chi connectivity index (χ0) is 14.3. The Morgan fingerprint density at radius 2 is 2.45 bits per heavy atom. The van der Waals surface area contributed by atoms with E-state index in [9.17, 15) is 9.90 Å². The Bertz CT molecular complexity index is 596. The number of hydrogen-bond acceptors (Lipinski definition) is 6. The van der Waals surface area contributed by atoms with Crippen molar-refractivity contribution in [3.05, 3.63) is 34.8 Å². The summed E-state index contributed by atoms with van der Waals surface area (Å²) in [6.45, 7) is 7.36. The predicted octanol–water partition coefficient (Wildman–Crippen LogP) is -0.249. The molecule has 0 spiro atoms. The minimum atomic E-state index is -1.06. The first kappa shape index (κ1) is 13.0. The molecule has 108 valence electrons. The summed E-state index contributed by atoms with van der Waals surface area (Å²) in [4.78, 5) is 14.0. The van der Waals surface area contributed by atoms with E-state index in [0.29, 0.717) is 31.1 Å². The molecular weight excluding hydrogens is 262 g/mol. The van der Waals surface area contributed by atoms with Gasteiger partial charge >= 0.3 is 0 Å². The van der Waals surface area contributed by atoms with E-state index in [2.05, 4.69) is 12.0 Å². The lowest BCUT2D eigenvalue weighted by molar-refractivity contribution is -0.00368. The lowest BCUT2D eigenvalue weighted by atomic mass is 10.2. The summed E-state index contributed by atoms with van der Waals surface area (Å²) in [6.07, 6.45) is 0.541. The number of aromatic nitrogens is 1. The summed E-state index contributed by atoms with van der Waals surface area (Å²) in [5.41, 5.74) is 4.17. The molecule has 0 bridgehead atoms. The summed E-state index contributed by atoms with van der Waals surface area (Å²) >= 11 is 0. The molecule has 3 heterocycles. The molecule has 0 amide bonds. The molecule has 1 aromatic rings. The van der Waals surface area contributed by atoms with Gasteiger partial charge in [0.2, 0.25) is 5.43 Å². The van der Waals surface area contributed by atoms with Crippen LogP contribution in [0.4, 0.5) is 0 Å². The number of nitrogens with zero attached hydrogens (tertiary/aromatic N) is 2. The highest BCUT2D eigenvalue weighted by Crippen LogP contribution is 2.30. The van der Waals surface area contributed by atoms with Gasteiger partial charge in [-0.3, -0.25) is 9.47 Å². The first-order valence-electron chi connectivity index (χ1n) is 6.48. The van der Waals surface area contributed by atoms with Crippen molar-refractivity contribution in [1.29, 1.82) is 0 Å². The SMILES string of the molecule is C=C1c2c(OC(C)O)c(=O)ccn2NC2COCCN12. The van der Waals surface area contributed by atoms with E-state index in [-0.39, 0.29) is 17.3 Å². The van der Waals surface area contributed by atoms with Crippen molar-refractivity contribution in [3.8, 4) is 5.75 Å². The largest absolute Gasteiger partial charge is 0.459 e. The summed E-state index contributed by atoms with van der Waals surface area (Å²) in [5.74, 6) is 0.102. The summed E-state index contributed by atoms with van der Waals surface area (Å²) in [7, 11) is 0. The lowest BCUT2D eigenvalue weighted by Gasteiger charge is -2.44. The Kier molecular flexibility index (Phi) is 3.15. The first-order chi connectivity index (χ1) is 9.58. The number of hydrogen-bond donors (Lipinski definition) is 2. The van der Waals surface area contributed by atoms with Gasteiger partial charge in [-0.05, 0) is 6.92 Å². The number of aliphatic hydroxyl groups excluding tert-OH is 1. The Morgan fingerprint density at radius 3 is 3.20 bits per heavy atom. The van der Waals surface area contributed by atoms with Crippen LogP contribution in [0.15, 0.2) is 23.6 Å². The fraction of sp³-hybridized carbons (Fsp3) is 0.462. The Morgan fingerprint density at radius 1 is 1.65 bits per heavy atom. The summed E-state index contributed by atoms with van der Waals surface area (Å²) < 4.78 is 12.4. The smallest absolute Gasteiger partial charge is 0.224 e. The van der Waals surface area contributed by atoms with E-state index >= 15 is 0 Å². The van der Waals surface area contributed by atoms with Crippen molar-refractivity contribution < 1.29 is 14.6 Å². The van der Waals surface area contributed by atoms with Gasteiger partial charge in [0.15, 0.2) is 12.0 Å². The monoisotopic (exact) mass is 279 g/mol. The van der Waals surface area contributed by atoms with Crippen LogP contribution >= 0.6 is 0 Å². The molecule has 7 heteroatoms. The van der Waals surface area contributed by atoms with Crippen LogP contribution in [0.2, 0.25) is 0 Å². The van der Waals surface area contributed by atoms with Gasteiger partial charge in [0, 0.05) is 18.8 Å². The van der Waals surface area contributed by atoms with E-state index in [1.54, 1.807) is 10.9 Å². The molecule has 2 N–H and O–H groups in total. The molecule has 7 nitrogen and oxygen atoms in total. The molecule has 1 fully saturated rings. The van der Waals surface area contributed by atoms with E-state index in [4.69, 9.17) is 9.47 Å². The zero-order valence-electron chi connectivity index (χ0n) is 11.2. The number of fused-ring (bicyclic) bond motifs is 2. The van der Waals surface area contributed by atoms with Crippen LogP contribution in [-0.4, -0.2) is 46.9 Å². The van der Waals surface area contributed by atoms with E-state index < -0.39 is 6.29 Å². The third kappa shape index (κ3) is 2.04. The molecule has 2 atom stereocenters. The second kappa shape index (κ2) is 4.84. The Balaban J connectivity index is 2.08. The van der Waals surface area contributed by atoms with Crippen molar-refractivity contribution in [3.63, 3.8) is 0 Å². The maximum atomic E-state index is 12.0. The van der Waals surface area contributed by atoms with Crippen molar-refractivity contribution in [2.75, 3.05) is 25.2 Å². The standard InChI is InChI=1S/C13H17N3O4/c1-8-12-13(20-9(2)17)10(18)3-4-16(12)14-11-7-19-6-5-15(8)11/h3-4,9,11,14,17H,1,5-7H2,2H3. The Labute approximate surface area is 116 Å². The molecule has 1 aromatic heterocycles. The average Bonchev–Trinajstić information content (AvgIpc) is 2.42. The summed E-state index contributed by atoms with van der Waals surface area (Å²) in [5, 5.41) is 9.40. The van der Waals surface area contributed by atoms with Crippen molar-refractivity contribution in [2.45, 2.75) is 19.4 Å². The molecule has 0 aliphatic carbocycles. The van der Waals surface area contributed by atoms with Gasteiger partial charge < -0.3 is 24.9 Å². The van der Waals surface area contributed by atoms with Crippen LogP contribution in [0.3, 0.4) is 0 Å². The molecule has 3 rings (SSSR count). The Hall–Kier alpha value is -1.99. The van der Waals surface area contributed by atoms with Gasteiger partial charge in [-0.15, -0.1) is 0 Å². The van der Waals surface area contributed by atoms with Gasteiger partial charge in [0.05, 0.1) is 18.9 Å². The fourth-order valence-corrected chi connectivity index (χ4v) is 2.51. The second-order valence-corrected chi connectivity index (χ2v) is 4.80. The third-order valence-electron chi connectivity index (χ3n) is 3.38. The number of ether oxygens (including phenoxy) is 2. The van der Waals surface area contributed by atoms with Crippen molar-refractivity contribution in [1.82, 2.24) is 9.58 Å². The number of aliphatic hydroxyl groups is 1. The van der Waals surface area contributed by atoms with Crippen molar-refractivity contribution >= 4 is 5.70 Å². The van der Waals surface area contributed by atoms with Gasteiger partial charge in [-0.1, -0.05) is 6.58 Å². The van der Waals surface area contributed by atoms with Crippen LogP contribution < -0.4 is 15.6 Å². The molecule has 2 unspecified atom stereocenters. The van der Waals surface area contributed by atoms with Gasteiger partial charge in [-0.25, -0.2) is 0 Å². The summed E-state index contributed by atoms with van der Waals surface area (Å²) in [6, 6.07) is 1.39. The molecule has 0 radical (unpaired) electrons. The maximum Gasteiger partial charge on any atom is 0.224 e. The van der Waals surface area contributed by atoms with Gasteiger partial charge in [-0.2, -0.15) is 0 Å². The number of nitrogens with one attached hydrogen (secondary N) is 1. The quantitative estimate of drug-likeness (QED) is 0.727. The third-order valence-corrected chi connectivity index (χ3v) is 3.38. The van der Waals surface area contributed by atoms with Gasteiger partial charge in [0.1, 0.15) is 11.9 Å². The number of rotatable bonds is 2. The van der Waals surface area contributed by atoms with Crippen LogP contribution in [0.5, 0.6) is 5.75 Å². The molecular formula is C13H17N3O4. The normalized spacial score (nSPS) is 22.6.